The zero-order chi connectivity index (χ0) is 14.9. The summed E-state index contributed by atoms with van der Waals surface area (Å²) in [5.41, 5.74) is -0.0819. The van der Waals surface area contributed by atoms with E-state index in [1.165, 1.54) is 26.4 Å². The third-order valence-corrected chi connectivity index (χ3v) is 2.98. The van der Waals surface area contributed by atoms with Crippen molar-refractivity contribution in [1.82, 2.24) is 0 Å². The van der Waals surface area contributed by atoms with Crippen molar-refractivity contribution in [3.05, 3.63) is 35.4 Å². The Kier molecular flexibility index (Phi) is 3.47. The van der Waals surface area contributed by atoms with Gasteiger partial charge in [0, 0.05) is 10.8 Å². The van der Waals surface area contributed by atoms with Gasteiger partial charge in [-0.3, -0.25) is 0 Å². The molecule has 0 saturated carbocycles. The predicted octanol–water partition coefficient (Wildman–Crippen LogP) is 2.25. The van der Waals surface area contributed by atoms with Gasteiger partial charge in [0.15, 0.2) is 0 Å². The Morgan fingerprint density at radius 2 is 1.15 bits per heavy atom. The quantitative estimate of drug-likeness (QED) is 0.889. The van der Waals surface area contributed by atoms with Gasteiger partial charge in [-0.15, -0.1) is 0 Å². The first kappa shape index (κ1) is 13.7. The minimum Gasteiger partial charge on any atom is -0.496 e. The van der Waals surface area contributed by atoms with E-state index in [2.05, 4.69) is 0 Å². The number of benzene rings is 2. The van der Waals surface area contributed by atoms with Crippen molar-refractivity contribution in [1.29, 1.82) is 0 Å². The summed E-state index contributed by atoms with van der Waals surface area (Å²) in [4.78, 5) is 22.6. The van der Waals surface area contributed by atoms with Crippen molar-refractivity contribution in [2.75, 3.05) is 14.2 Å². The largest absolute Gasteiger partial charge is 0.496 e. The van der Waals surface area contributed by atoms with E-state index in [1.807, 2.05) is 0 Å². The number of rotatable bonds is 4. The molecule has 0 aromatic heterocycles. The van der Waals surface area contributed by atoms with Gasteiger partial charge in [-0.1, -0.05) is 0 Å². The van der Waals surface area contributed by atoms with Gasteiger partial charge in [0.25, 0.3) is 0 Å². The number of methoxy groups -OCH3 is 2. The van der Waals surface area contributed by atoms with Crippen molar-refractivity contribution in [3.63, 3.8) is 0 Å². The highest BCUT2D eigenvalue weighted by atomic mass is 16.5. The number of hydrogen-bond acceptors (Lipinski definition) is 4. The Balaban J connectivity index is 3.04. The van der Waals surface area contributed by atoms with Crippen molar-refractivity contribution >= 4 is 22.7 Å². The van der Waals surface area contributed by atoms with Crippen LogP contribution in [-0.4, -0.2) is 36.4 Å². The van der Waals surface area contributed by atoms with E-state index in [1.54, 1.807) is 12.1 Å². The molecule has 6 nitrogen and oxygen atoms in total. The van der Waals surface area contributed by atoms with Crippen LogP contribution in [0.3, 0.4) is 0 Å². The molecule has 2 aromatic carbocycles. The fraction of sp³-hybridized carbons (Fsp3) is 0.143. The summed E-state index contributed by atoms with van der Waals surface area (Å²) >= 11 is 0. The van der Waals surface area contributed by atoms with Crippen molar-refractivity contribution in [3.8, 4) is 11.5 Å². The Labute approximate surface area is 114 Å². The zero-order valence-electron chi connectivity index (χ0n) is 10.8. The third-order valence-electron chi connectivity index (χ3n) is 2.98. The topological polar surface area (TPSA) is 93.1 Å². The minimum absolute atomic E-state index is 0.0410. The average molecular weight is 276 g/mol. The summed E-state index contributed by atoms with van der Waals surface area (Å²) in [5.74, 6) is -1.78. The molecular formula is C14H12O6. The lowest BCUT2D eigenvalue weighted by molar-refractivity contribution is 0.0684. The fourth-order valence-electron chi connectivity index (χ4n) is 2.13. The van der Waals surface area contributed by atoms with Crippen LogP contribution in [0.1, 0.15) is 20.7 Å². The molecule has 0 bridgehead atoms. The van der Waals surface area contributed by atoms with Gasteiger partial charge >= 0.3 is 11.9 Å². The second kappa shape index (κ2) is 5.08. The van der Waals surface area contributed by atoms with Gasteiger partial charge in [0.1, 0.15) is 11.5 Å². The van der Waals surface area contributed by atoms with Crippen LogP contribution in [0.25, 0.3) is 10.8 Å². The molecule has 0 spiro atoms. The van der Waals surface area contributed by atoms with Gasteiger partial charge in [-0.25, -0.2) is 9.59 Å². The van der Waals surface area contributed by atoms with Gasteiger partial charge < -0.3 is 19.7 Å². The van der Waals surface area contributed by atoms with Gasteiger partial charge in [-0.05, 0) is 24.3 Å². The number of fused-ring (bicyclic) bond motifs is 1. The second-order valence-corrected chi connectivity index (χ2v) is 3.99. The standard InChI is InChI=1S/C14H12O6/c1-19-9-5-6-10(20-2)12-8(14(17)18)4-3-7(11(9)12)13(15)16/h3-6H,1-2H3,(H,15,16)(H,17,18). The van der Waals surface area contributed by atoms with Crippen LogP contribution < -0.4 is 9.47 Å². The van der Waals surface area contributed by atoms with E-state index >= 15 is 0 Å². The molecule has 0 heterocycles. The molecule has 0 aliphatic rings. The van der Waals surface area contributed by atoms with Crippen LogP contribution in [0, 0.1) is 0 Å². The van der Waals surface area contributed by atoms with E-state index in [0.29, 0.717) is 0 Å². The molecule has 0 fully saturated rings. The van der Waals surface area contributed by atoms with Crippen molar-refractivity contribution < 1.29 is 29.3 Å². The molecule has 6 heteroatoms. The summed E-state index contributed by atoms with van der Waals surface area (Å²) < 4.78 is 10.3. The van der Waals surface area contributed by atoms with E-state index in [-0.39, 0.29) is 33.4 Å². The molecule has 0 aliphatic heterocycles. The van der Waals surface area contributed by atoms with Crippen LogP contribution in [0.4, 0.5) is 0 Å². The average Bonchev–Trinajstić information content (AvgIpc) is 2.44. The molecule has 0 radical (unpaired) electrons. The Morgan fingerprint density at radius 1 is 0.800 bits per heavy atom. The SMILES string of the molecule is COc1ccc(OC)c2c(C(=O)O)ccc(C(=O)O)c12. The molecule has 2 rings (SSSR count). The van der Waals surface area contributed by atoms with Crippen LogP contribution >= 0.6 is 0 Å². The maximum Gasteiger partial charge on any atom is 0.336 e. The first-order valence-electron chi connectivity index (χ1n) is 5.65. The fourth-order valence-corrected chi connectivity index (χ4v) is 2.13. The normalized spacial score (nSPS) is 10.3. The first-order valence-corrected chi connectivity index (χ1v) is 5.65. The number of carboxylic acid groups (broad SMARTS) is 2. The highest BCUT2D eigenvalue weighted by Crippen LogP contribution is 2.37. The molecule has 104 valence electrons. The van der Waals surface area contributed by atoms with Crippen LogP contribution in [0.5, 0.6) is 11.5 Å². The van der Waals surface area contributed by atoms with E-state index in [4.69, 9.17) is 9.47 Å². The highest BCUT2D eigenvalue weighted by molar-refractivity contribution is 6.15. The summed E-state index contributed by atoms with van der Waals surface area (Å²) in [5, 5.41) is 18.9. The smallest absolute Gasteiger partial charge is 0.336 e. The number of carboxylic acids is 2. The summed E-state index contributed by atoms with van der Waals surface area (Å²) in [7, 11) is 2.78. The molecular weight excluding hydrogens is 264 g/mol. The maximum absolute atomic E-state index is 11.3. The lowest BCUT2D eigenvalue weighted by Crippen LogP contribution is -2.05. The Morgan fingerprint density at radius 3 is 1.40 bits per heavy atom. The van der Waals surface area contributed by atoms with Gasteiger partial charge in [-0.2, -0.15) is 0 Å². The predicted molar refractivity (Wildman–Crippen MR) is 71.0 cm³/mol. The van der Waals surface area contributed by atoms with Crippen LogP contribution in [-0.2, 0) is 0 Å². The second-order valence-electron chi connectivity index (χ2n) is 3.99. The third kappa shape index (κ3) is 2.01. The van der Waals surface area contributed by atoms with Gasteiger partial charge in [0.2, 0.25) is 0 Å². The minimum atomic E-state index is -1.17. The monoisotopic (exact) mass is 276 g/mol. The molecule has 0 amide bonds. The van der Waals surface area contributed by atoms with Crippen LogP contribution in [0.15, 0.2) is 24.3 Å². The van der Waals surface area contributed by atoms with E-state index < -0.39 is 11.9 Å². The molecule has 0 atom stereocenters. The number of aromatic carboxylic acids is 2. The highest BCUT2D eigenvalue weighted by Gasteiger charge is 2.21. The number of carbonyl (C=O) groups is 2. The number of hydrogen-bond donors (Lipinski definition) is 2. The Hall–Kier alpha value is -2.76. The lowest BCUT2D eigenvalue weighted by atomic mass is 9.97. The molecule has 0 unspecified atom stereocenters. The van der Waals surface area contributed by atoms with E-state index in [0.717, 1.165) is 0 Å². The summed E-state index contributed by atoms with van der Waals surface area (Å²) in [6.07, 6.45) is 0. The maximum atomic E-state index is 11.3. The molecule has 2 N–H and O–H groups in total. The number of ether oxygens (including phenoxy) is 2. The Bertz CT molecular complexity index is 644. The summed E-state index contributed by atoms with van der Waals surface area (Å²) in [6.45, 7) is 0. The summed E-state index contributed by atoms with van der Waals surface area (Å²) in [6, 6.07) is 5.57. The van der Waals surface area contributed by atoms with Crippen LogP contribution in [0.2, 0.25) is 0 Å². The van der Waals surface area contributed by atoms with Crippen molar-refractivity contribution in [2.24, 2.45) is 0 Å². The molecule has 0 saturated heterocycles. The molecule has 20 heavy (non-hydrogen) atoms. The first-order chi connectivity index (χ1) is 9.51. The molecule has 2 aromatic rings. The lowest BCUT2D eigenvalue weighted by Gasteiger charge is -2.13. The molecule has 0 aliphatic carbocycles. The van der Waals surface area contributed by atoms with Crippen molar-refractivity contribution in [2.45, 2.75) is 0 Å². The van der Waals surface area contributed by atoms with Gasteiger partial charge in [0.05, 0.1) is 25.3 Å². The zero-order valence-corrected chi connectivity index (χ0v) is 10.8. The van der Waals surface area contributed by atoms with E-state index in [9.17, 15) is 19.8 Å².